The van der Waals surface area contributed by atoms with Gasteiger partial charge < -0.3 is 15.0 Å². The zero-order chi connectivity index (χ0) is 20.4. The molecule has 1 amide bonds. The second kappa shape index (κ2) is 7.89. The minimum atomic E-state index is -0.597. The van der Waals surface area contributed by atoms with Crippen molar-refractivity contribution in [2.24, 2.45) is 5.92 Å². The van der Waals surface area contributed by atoms with Crippen LogP contribution in [0.25, 0.3) is 10.9 Å². The molecule has 5 nitrogen and oxygen atoms in total. The van der Waals surface area contributed by atoms with Crippen LogP contribution in [0.2, 0.25) is 0 Å². The van der Waals surface area contributed by atoms with Gasteiger partial charge in [-0.2, -0.15) is 0 Å². The number of aromatic hydroxyl groups is 1. The first-order valence-corrected chi connectivity index (χ1v) is 9.53. The van der Waals surface area contributed by atoms with Gasteiger partial charge in [0.1, 0.15) is 11.3 Å². The number of nitrogens with one attached hydrogen (secondary N) is 1. The third-order valence-electron chi connectivity index (χ3n) is 5.16. The summed E-state index contributed by atoms with van der Waals surface area (Å²) >= 11 is 0. The maximum absolute atomic E-state index is 13.1. The molecule has 0 bridgehead atoms. The molecule has 3 rings (SSSR count). The molecule has 28 heavy (non-hydrogen) atoms. The van der Waals surface area contributed by atoms with Crippen LogP contribution in [0.15, 0.2) is 47.3 Å². The summed E-state index contributed by atoms with van der Waals surface area (Å²) in [6.07, 6.45) is 0.798. The predicted octanol–water partition coefficient (Wildman–Crippen LogP) is 4.62. The number of amides is 1. The van der Waals surface area contributed by atoms with Crippen molar-refractivity contribution in [1.82, 2.24) is 4.57 Å². The van der Waals surface area contributed by atoms with Crippen LogP contribution in [-0.4, -0.2) is 15.6 Å². The second-order valence-electron chi connectivity index (χ2n) is 7.58. The van der Waals surface area contributed by atoms with E-state index >= 15 is 0 Å². The molecule has 0 aliphatic heterocycles. The Kier molecular flexibility index (Phi) is 5.54. The summed E-state index contributed by atoms with van der Waals surface area (Å²) in [4.78, 5) is 26.1. The molecular weight excluding hydrogens is 352 g/mol. The molecule has 0 spiro atoms. The predicted molar refractivity (Wildman–Crippen MR) is 113 cm³/mol. The molecule has 0 saturated heterocycles. The summed E-state index contributed by atoms with van der Waals surface area (Å²) in [5.41, 5.74) is 2.54. The number of carbonyl (C=O) groups excluding carboxylic acids is 1. The van der Waals surface area contributed by atoms with E-state index in [1.165, 1.54) is 0 Å². The molecule has 146 valence electrons. The quantitative estimate of drug-likeness (QED) is 0.680. The summed E-state index contributed by atoms with van der Waals surface area (Å²) in [5, 5.41) is 14.0. The van der Waals surface area contributed by atoms with E-state index in [0.29, 0.717) is 29.1 Å². The lowest BCUT2D eigenvalue weighted by Crippen LogP contribution is -2.30. The number of hydrogen-bond acceptors (Lipinski definition) is 3. The number of anilines is 1. The number of aromatic nitrogens is 1. The lowest BCUT2D eigenvalue weighted by Gasteiger charge is -2.16. The fourth-order valence-corrected chi connectivity index (χ4v) is 3.27. The molecule has 0 unspecified atom stereocenters. The molecule has 0 fully saturated rings. The highest BCUT2D eigenvalue weighted by atomic mass is 16.3. The largest absolute Gasteiger partial charge is 0.506 e. The molecule has 0 aliphatic carbocycles. The molecule has 0 radical (unpaired) electrons. The smallest absolute Gasteiger partial charge is 0.267 e. The number of fused-ring (bicyclic) bond motifs is 1. The van der Waals surface area contributed by atoms with Crippen LogP contribution >= 0.6 is 0 Å². The van der Waals surface area contributed by atoms with Crippen molar-refractivity contribution >= 4 is 22.5 Å². The van der Waals surface area contributed by atoms with Crippen LogP contribution in [0.5, 0.6) is 5.75 Å². The first kappa shape index (κ1) is 19.7. The summed E-state index contributed by atoms with van der Waals surface area (Å²) < 4.78 is 1.59. The van der Waals surface area contributed by atoms with Crippen LogP contribution in [0.4, 0.5) is 5.69 Å². The summed E-state index contributed by atoms with van der Waals surface area (Å²) in [5.74, 6) is -0.462. The Labute approximate surface area is 164 Å². The fourth-order valence-electron chi connectivity index (χ4n) is 3.27. The molecule has 0 aliphatic rings. The minimum absolute atomic E-state index is 0.219. The minimum Gasteiger partial charge on any atom is -0.506 e. The number of aryl methyl sites for hydroxylation is 2. The maximum atomic E-state index is 13.1. The van der Waals surface area contributed by atoms with Crippen LogP contribution < -0.4 is 10.9 Å². The van der Waals surface area contributed by atoms with E-state index in [1.807, 2.05) is 32.0 Å². The number of pyridine rings is 1. The van der Waals surface area contributed by atoms with Crippen LogP contribution in [-0.2, 0) is 6.54 Å². The summed E-state index contributed by atoms with van der Waals surface area (Å²) in [6.45, 7) is 8.52. The Morgan fingerprint density at radius 2 is 1.82 bits per heavy atom. The van der Waals surface area contributed by atoms with Gasteiger partial charge in [-0.3, -0.25) is 9.59 Å². The highest BCUT2D eigenvalue weighted by molar-refractivity contribution is 6.09. The molecule has 5 heteroatoms. The standard InChI is InChI=1S/C23H26N2O3/c1-14(2)12-13-25-19-11-6-5-9-17(19)21(26)20(23(25)28)22(27)24-18-10-7-8-15(3)16(18)4/h5-11,14,26H,12-13H2,1-4H3,(H,24,27). The van der Waals surface area contributed by atoms with Gasteiger partial charge in [0.25, 0.3) is 11.5 Å². The Hall–Kier alpha value is -3.08. The second-order valence-corrected chi connectivity index (χ2v) is 7.58. The van der Waals surface area contributed by atoms with E-state index in [0.717, 1.165) is 17.5 Å². The molecule has 0 atom stereocenters. The zero-order valence-electron chi connectivity index (χ0n) is 16.7. The van der Waals surface area contributed by atoms with E-state index in [4.69, 9.17) is 0 Å². The molecule has 1 aromatic heterocycles. The monoisotopic (exact) mass is 378 g/mol. The lowest BCUT2D eigenvalue weighted by atomic mass is 10.1. The normalized spacial score (nSPS) is 11.2. The highest BCUT2D eigenvalue weighted by Crippen LogP contribution is 2.28. The Bertz CT molecular complexity index is 1100. The van der Waals surface area contributed by atoms with Gasteiger partial charge in [0, 0.05) is 17.6 Å². The van der Waals surface area contributed by atoms with Gasteiger partial charge in [-0.25, -0.2) is 0 Å². The van der Waals surface area contributed by atoms with E-state index in [1.54, 1.807) is 28.8 Å². The van der Waals surface area contributed by atoms with E-state index in [9.17, 15) is 14.7 Å². The van der Waals surface area contributed by atoms with E-state index < -0.39 is 11.5 Å². The van der Waals surface area contributed by atoms with Crippen LogP contribution in [0, 0.1) is 19.8 Å². The van der Waals surface area contributed by atoms with Crippen molar-refractivity contribution in [3.63, 3.8) is 0 Å². The van der Waals surface area contributed by atoms with Gasteiger partial charge in [-0.05, 0) is 55.5 Å². The van der Waals surface area contributed by atoms with Gasteiger partial charge in [-0.1, -0.05) is 38.1 Å². The Morgan fingerprint density at radius 3 is 2.54 bits per heavy atom. The molecular formula is C23H26N2O3. The fraction of sp³-hybridized carbons (Fsp3) is 0.304. The van der Waals surface area contributed by atoms with Gasteiger partial charge in [0.15, 0.2) is 0 Å². The van der Waals surface area contributed by atoms with Gasteiger partial charge in [0.05, 0.1) is 5.52 Å². The topological polar surface area (TPSA) is 71.3 Å². The van der Waals surface area contributed by atoms with E-state index in [2.05, 4.69) is 19.2 Å². The van der Waals surface area contributed by atoms with Gasteiger partial charge >= 0.3 is 0 Å². The molecule has 1 heterocycles. The Morgan fingerprint density at radius 1 is 1.11 bits per heavy atom. The average molecular weight is 378 g/mol. The molecule has 0 saturated carbocycles. The lowest BCUT2D eigenvalue weighted by molar-refractivity contribution is 0.102. The van der Waals surface area contributed by atoms with E-state index in [-0.39, 0.29) is 11.3 Å². The van der Waals surface area contributed by atoms with Crippen molar-refractivity contribution < 1.29 is 9.90 Å². The first-order chi connectivity index (χ1) is 13.3. The number of rotatable bonds is 5. The number of nitrogens with zero attached hydrogens (tertiary/aromatic N) is 1. The zero-order valence-corrected chi connectivity index (χ0v) is 16.7. The summed E-state index contributed by atoms with van der Waals surface area (Å²) in [7, 11) is 0. The van der Waals surface area contributed by atoms with Crippen molar-refractivity contribution in [2.75, 3.05) is 5.32 Å². The van der Waals surface area contributed by atoms with Crippen molar-refractivity contribution in [1.29, 1.82) is 0 Å². The first-order valence-electron chi connectivity index (χ1n) is 9.53. The van der Waals surface area contributed by atoms with Crippen LogP contribution in [0.3, 0.4) is 0 Å². The van der Waals surface area contributed by atoms with Gasteiger partial charge in [0.2, 0.25) is 0 Å². The van der Waals surface area contributed by atoms with Gasteiger partial charge in [-0.15, -0.1) is 0 Å². The third kappa shape index (κ3) is 3.65. The molecule has 2 aromatic carbocycles. The number of carbonyl (C=O) groups is 1. The number of para-hydroxylation sites is 1. The molecule has 3 aromatic rings. The summed E-state index contributed by atoms with van der Waals surface area (Å²) in [6, 6.07) is 12.7. The Balaban J connectivity index is 2.13. The molecule has 2 N–H and O–H groups in total. The van der Waals surface area contributed by atoms with Crippen molar-refractivity contribution in [2.45, 2.75) is 40.7 Å². The third-order valence-corrected chi connectivity index (χ3v) is 5.16. The maximum Gasteiger partial charge on any atom is 0.267 e. The average Bonchev–Trinajstić information content (AvgIpc) is 2.65. The SMILES string of the molecule is Cc1cccc(NC(=O)c2c(O)c3ccccc3n(CCC(C)C)c2=O)c1C. The van der Waals surface area contributed by atoms with Crippen molar-refractivity contribution in [3.05, 3.63) is 69.5 Å². The number of hydrogen-bond donors (Lipinski definition) is 2. The highest BCUT2D eigenvalue weighted by Gasteiger charge is 2.22. The van der Waals surface area contributed by atoms with Crippen molar-refractivity contribution in [3.8, 4) is 5.75 Å². The van der Waals surface area contributed by atoms with Crippen LogP contribution in [0.1, 0.15) is 41.8 Å². The number of benzene rings is 2.